The third kappa shape index (κ3) is 2.73. The predicted molar refractivity (Wildman–Crippen MR) is 56.9 cm³/mol. The van der Waals surface area contributed by atoms with Crippen molar-refractivity contribution in [2.24, 2.45) is 0 Å². The lowest BCUT2D eigenvalue weighted by molar-refractivity contribution is -0.134. The maximum atomic E-state index is 10.9. The van der Waals surface area contributed by atoms with Crippen molar-refractivity contribution in [3.8, 4) is 0 Å². The van der Waals surface area contributed by atoms with Gasteiger partial charge in [-0.3, -0.25) is 0 Å². The molecule has 74 valence electrons. The summed E-state index contributed by atoms with van der Waals surface area (Å²) in [5.41, 5.74) is 2.30. The van der Waals surface area contributed by atoms with Crippen molar-refractivity contribution in [3.05, 3.63) is 41.5 Å². The van der Waals surface area contributed by atoms with Crippen molar-refractivity contribution in [2.45, 2.75) is 13.3 Å². The van der Waals surface area contributed by atoms with Crippen LogP contribution in [0.3, 0.4) is 0 Å². The van der Waals surface area contributed by atoms with E-state index >= 15 is 0 Å². The van der Waals surface area contributed by atoms with Gasteiger partial charge in [0.05, 0.1) is 7.11 Å². The quantitative estimate of drug-likeness (QED) is 0.540. The third-order valence-electron chi connectivity index (χ3n) is 2.04. The van der Waals surface area contributed by atoms with E-state index in [9.17, 15) is 4.79 Å². The Morgan fingerprint density at radius 1 is 1.43 bits per heavy atom. The number of esters is 1. The molecule has 0 radical (unpaired) electrons. The fourth-order valence-electron chi connectivity index (χ4n) is 1.24. The van der Waals surface area contributed by atoms with Gasteiger partial charge < -0.3 is 4.74 Å². The number of methoxy groups -OCH3 is 1. The molecule has 0 N–H and O–H groups in total. The Kier molecular flexibility index (Phi) is 3.92. The average Bonchev–Trinajstić information content (AvgIpc) is 2.26. The van der Waals surface area contributed by atoms with Gasteiger partial charge in [0.15, 0.2) is 0 Å². The predicted octanol–water partition coefficient (Wildman–Crippen LogP) is 2.44. The Balaban J connectivity index is 2.85. The Labute approximate surface area is 84.2 Å². The molecule has 0 fully saturated rings. The number of aryl methyl sites for hydroxylation is 1. The summed E-state index contributed by atoms with van der Waals surface area (Å²) in [6, 6.07) is 7.99. The number of hydrogen-bond donors (Lipinski definition) is 0. The highest BCUT2D eigenvalue weighted by atomic mass is 16.5. The van der Waals surface area contributed by atoms with E-state index in [1.807, 2.05) is 18.2 Å². The summed E-state index contributed by atoms with van der Waals surface area (Å²) >= 11 is 0. The molecular weight excluding hydrogens is 176 g/mol. The second-order valence-electron chi connectivity index (χ2n) is 2.91. The Hall–Kier alpha value is -1.57. The number of benzene rings is 1. The van der Waals surface area contributed by atoms with Gasteiger partial charge in [0, 0.05) is 6.08 Å². The molecule has 1 aromatic carbocycles. The Morgan fingerprint density at radius 2 is 2.14 bits per heavy atom. The molecule has 2 heteroatoms. The van der Waals surface area contributed by atoms with Crippen LogP contribution < -0.4 is 0 Å². The summed E-state index contributed by atoms with van der Waals surface area (Å²) in [7, 11) is 1.37. The van der Waals surface area contributed by atoms with Crippen molar-refractivity contribution in [1.82, 2.24) is 0 Å². The smallest absolute Gasteiger partial charge is 0.330 e. The molecule has 2 nitrogen and oxygen atoms in total. The first kappa shape index (κ1) is 10.5. The lowest BCUT2D eigenvalue weighted by Gasteiger charge is -2.01. The largest absolute Gasteiger partial charge is 0.466 e. The molecule has 0 aliphatic heterocycles. The molecule has 0 spiro atoms. The van der Waals surface area contributed by atoms with Crippen LogP contribution in [-0.2, 0) is 16.0 Å². The summed E-state index contributed by atoms with van der Waals surface area (Å²) in [5, 5.41) is 0. The van der Waals surface area contributed by atoms with Crippen LogP contribution in [0.1, 0.15) is 18.1 Å². The van der Waals surface area contributed by atoms with Gasteiger partial charge in [-0.2, -0.15) is 0 Å². The highest BCUT2D eigenvalue weighted by Crippen LogP contribution is 2.10. The van der Waals surface area contributed by atoms with E-state index in [-0.39, 0.29) is 5.97 Å². The first-order valence-electron chi connectivity index (χ1n) is 4.62. The van der Waals surface area contributed by atoms with Crippen LogP contribution in [0, 0.1) is 0 Å². The molecule has 0 aliphatic rings. The minimum atomic E-state index is -0.323. The number of carbonyl (C=O) groups is 1. The molecule has 14 heavy (non-hydrogen) atoms. The summed E-state index contributed by atoms with van der Waals surface area (Å²) in [4.78, 5) is 10.9. The topological polar surface area (TPSA) is 26.3 Å². The molecule has 0 heterocycles. The van der Waals surface area contributed by atoms with E-state index in [4.69, 9.17) is 0 Å². The molecule has 0 bridgehead atoms. The molecule has 0 unspecified atom stereocenters. The molecule has 0 saturated carbocycles. The third-order valence-corrected chi connectivity index (χ3v) is 2.04. The number of hydrogen-bond acceptors (Lipinski definition) is 2. The molecule has 0 aromatic heterocycles. The van der Waals surface area contributed by atoms with Crippen LogP contribution in [0.15, 0.2) is 30.3 Å². The van der Waals surface area contributed by atoms with Gasteiger partial charge in [-0.1, -0.05) is 31.2 Å². The fourth-order valence-corrected chi connectivity index (χ4v) is 1.24. The second-order valence-corrected chi connectivity index (χ2v) is 2.91. The lowest BCUT2D eigenvalue weighted by atomic mass is 10.1. The van der Waals surface area contributed by atoms with Gasteiger partial charge >= 0.3 is 5.97 Å². The monoisotopic (exact) mass is 190 g/mol. The van der Waals surface area contributed by atoms with Crippen molar-refractivity contribution >= 4 is 12.0 Å². The van der Waals surface area contributed by atoms with Crippen LogP contribution in [0.2, 0.25) is 0 Å². The highest BCUT2D eigenvalue weighted by molar-refractivity contribution is 5.87. The summed E-state index contributed by atoms with van der Waals surface area (Å²) in [6.45, 7) is 2.09. The lowest BCUT2D eigenvalue weighted by Crippen LogP contribution is -1.94. The summed E-state index contributed by atoms with van der Waals surface area (Å²) < 4.78 is 4.52. The second kappa shape index (κ2) is 5.22. The normalized spacial score (nSPS) is 10.4. The van der Waals surface area contributed by atoms with Gasteiger partial charge in [-0.25, -0.2) is 4.79 Å². The summed E-state index contributed by atoms with van der Waals surface area (Å²) in [5.74, 6) is -0.323. The van der Waals surface area contributed by atoms with E-state index < -0.39 is 0 Å². The van der Waals surface area contributed by atoms with E-state index in [0.29, 0.717) is 0 Å². The molecule has 1 rings (SSSR count). The van der Waals surface area contributed by atoms with Crippen molar-refractivity contribution in [3.63, 3.8) is 0 Å². The number of ether oxygens (including phenoxy) is 1. The molecular formula is C12H14O2. The van der Waals surface area contributed by atoms with E-state index in [0.717, 1.165) is 12.0 Å². The van der Waals surface area contributed by atoms with Crippen molar-refractivity contribution in [2.75, 3.05) is 7.11 Å². The minimum Gasteiger partial charge on any atom is -0.466 e. The molecule has 0 atom stereocenters. The highest BCUT2D eigenvalue weighted by Gasteiger charge is 1.96. The van der Waals surface area contributed by atoms with Crippen LogP contribution in [0.5, 0.6) is 0 Å². The zero-order chi connectivity index (χ0) is 10.4. The van der Waals surface area contributed by atoms with Gasteiger partial charge in [-0.15, -0.1) is 0 Å². The van der Waals surface area contributed by atoms with Gasteiger partial charge in [0.1, 0.15) is 0 Å². The van der Waals surface area contributed by atoms with Crippen molar-refractivity contribution in [1.29, 1.82) is 0 Å². The zero-order valence-corrected chi connectivity index (χ0v) is 8.49. The maximum absolute atomic E-state index is 10.9. The van der Waals surface area contributed by atoms with Crippen LogP contribution in [0.4, 0.5) is 0 Å². The number of rotatable bonds is 3. The van der Waals surface area contributed by atoms with Crippen LogP contribution in [-0.4, -0.2) is 13.1 Å². The van der Waals surface area contributed by atoms with Gasteiger partial charge in [0.2, 0.25) is 0 Å². The molecule has 1 aromatic rings. The molecule has 0 saturated heterocycles. The van der Waals surface area contributed by atoms with Gasteiger partial charge in [-0.05, 0) is 23.6 Å². The standard InChI is InChI=1S/C12H14O2/c1-3-10-6-4-5-7-11(10)8-9-12(13)14-2/h4-9H,3H2,1-2H3/b9-8+. The minimum absolute atomic E-state index is 0.323. The van der Waals surface area contributed by atoms with Gasteiger partial charge in [0.25, 0.3) is 0 Å². The fraction of sp³-hybridized carbons (Fsp3) is 0.250. The van der Waals surface area contributed by atoms with E-state index in [1.54, 1.807) is 6.08 Å². The maximum Gasteiger partial charge on any atom is 0.330 e. The SMILES string of the molecule is CCc1ccccc1/C=C/C(=O)OC. The Bertz CT molecular complexity index is 340. The number of carbonyl (C=O) groups excluding carboxylic acids is 1. The zero-order valence-electron chi connectivity index (χ0n) is 8.49. The first-order chi connectivity index (χ1) is 6.77. The van der Waals surface area contributed by atoms with E-state index in [1.165, 1.54) is 18.7 Å². The van der Waals surface area contributed by atoms with Crippen molar-refractivity contribution < 1.29 is 9.53 Å². The molecule has 0 aliphatic carbocycles. The van der Waals surface area contributed by atoms with Crippen LogP contribution >= 0.6 is 0 Å². The first-order valence-corrected chi connectivity index (χ1v) is 4.62. The molecule has 0 amide bonds. The van der Waals surface area contributed by atoms with Crippen LogP contribution in [0.25, 0.3) is 6.08 Å². The Morgan fingerprint density at radius 3 is 2.79 bits per heavy atom. The average molecular weight is 190 g/mol. The summed E-state index contributed by atoms with van der Waals surface area (Å²) in [6.07, 6.45) is 4.18. The van der Waals surface area contributed by atoms with E-state index in [2.05, 4.69) is 17.7 Å².